The highest BCUT2D eigenvalue weighted by Crippen LogP contribution is 2.17. The maximum atomic E-state index is 12.1. The Bertz CT molecular complexity index is 381. The summed E-state index contributed by atoms with van der Waals surface area (Å²) in [5, 5.41) is 3.51. The number of amides is 2. The van der Waals surface area contributed by atoms with E-state index >= 15 is 0 Å². The summed E-state index contributed by atoms with van der Waals surface area (Å²) in [5.41, 5.74) is 0.563. The molecule has 1 rings (SSSR count). The van der Waals surface area contributed by atoms with Crippen LogP contribution in [-0.4, -0.2) is 23.0 Å². The van der Waals surface area contributed by atoms with Gasteiger partial charge in [0, 0.05) is 22.8 Å². The highest BCUT2D eigenvalue weighted by atomic mass is 35.5. The zero-order chi connectivity index (χ0) is 13.1. The molecular weight excluding hydrogens is 236 g/mol. The van der Waals surface area contributed by atoms with Gasteiger partial charge in [-0.3, -0.25) is 0 Å². The number of nitrogens with one attached hydrogen (secondary N) is 1. The quantitative estimate of drug-likeness (QED) is 0.850. The average molecular weight is 255 g/mol. The van der Waals surface area contributed by atoms with E-state index in [0.29, 0.717) is 11.6 Å². The van der Waals surface area contributed by atoms with Gasteiger partial charge in [0.05, 0.1) is 0 Å². The van der Waals surface area contributed by atoms with Crippen LogP contribution in [0.15, 0.2) is 24.3 Å². The molecule has 0 unspecified atom stereocenters. The molecule has 0 radical (unpaired) electrons. The SMILES string of the molecule is CCN(C(=O)Nc1ccc(Cl)cc1)C(C)(C)C. The van der Waals surface area contributed by atoms with Crippen molar-refractivity contribution in [2.75, 3.05) is 11.9 Å². The number of nitrogens with zero attached hydrogens (tertiary/aromatic N) is 1. The summed E-state index contributed by atoms with van der Waals surface area (Å²) in [5.74, 6) is 0. The molecule has 0 fully saturated rings. The van der Waals surface area contributed by atoms with Crippen molar-refractivity contribution in [1.82, 2.24) is 4.90 Å². The minimum atomic E-state index is -0.189. The van der Waals surface area contributed by atoms with Crippen LogP contribution >= 0.6 is 11.6 Å². The molecule has 0 aromatic heterocycles. The highest BCUT2D eigenvalue weighted by Gasteiger charge is 2.24. The van der Waals surface area contributed by atoms with Gasteiger partial charge < -0.3 is 10.2 Å². The fourth-order valence-electron chi connectivity index (χ4n) is 1.65. The Hall–Kier alpha value is -1.22. The van der Waals surface area contributed by atoms with Gasteiger partial charge in [0.25, 0.3) is 0 Å². The van der Waals surface area contributed by atoms with Gasteiger partial charge in [-0.2, -0.15) is 0 Å². The number of carbonyl (C=O) groups excluding carboxylic acids is 1. The van der Waals surface area contributed by atoms with Crippen molar-refractivity contribution in [2.24, 2.45) is 0 Å². The fraction of sp³-hybridized carbons (Fsp3) is 0.462. The molecule has 0 atom stereocenters. The molecule has 0 aliphatic carbocycles. The van der Waals surface area contributed by atoms with Gasteiger partial charge in [0.1, 0.15) is 0 Å². The molecular formula is C13H19ClN2O. The smallest absolute Gasteiger partial charge is 0.320 e. The van der Waals surface area contributed by atoms with Crippen LogP contribution in [0.2, 0.25) is 5.02 Å². The van der Waals surface area contributed by atoms with E-state index in [2.05, 4.69) is 5.32 Å². The van der Waals surface area contributed by atoms with Gasteiger partial charge in [-0.25, -0.2) is 4.79 Å². The molecule has 1 aromatic rings. The molecule has 4 heteroatoms. The van der Waals surface area contributed by atoms with Crippen LogP contribution in [-0.2, 0) is 0 Å². The van der Waals surface area contributed by atoms with Crippen molar-refractivity contribution < 1.29 is 4.79 Å². The van der Waals surface area contributed by atoms with E-state index in [1.165, 1.54) is 0 Å². The van der Waals surface area contributed by atoms with Crippen molar-refractivity contribution in [2.45, 2.75) is 33.2 Å². The van der Waals surface area contributed by atoms with Crippen LogP contribution in [0.3, 0.4) is 0 Å². The Kier molecular flexibility index (Phi) is 4.40. The summed E-state index contributed by atoms with van der Waals surface area (Å²) in [6.45, 7) is 8.67. The van der Waals surface area contributed by atoms with Crippen molar-refractivity contribution in [1.29, 1.82) is 0 Å². The van der Waals surface area contributed by atoms with Crippen molar-refractivity contribution in [3.05, 3.63) is 29.3 Å². The third-order valence-electron chi connectivity index (χ3n) is 2.47. The van der Waals surface area contributed by atoms with Crippen LogP contribution in [0, 0.1) is 0 Å². The average Bonchev–Trinajstić information content (AvgIpc) is 2.20. The number of hydrogen-bond acceptors (Lipinski definition) is 1. The number of halogens is 1. The molecule has 94 valence electrons. The lowest BCUT2D eigenvalue weighted by atomic mass is 10.1. The van der Waals surface area contributed by atoms with Gasteiger partial charge in [-0.1, -0.05) is 11.6 Å². The first-order valence-corrected chi connectivity index (χ1v) is 6.06. The van der Waals surface area contributed by atoms with E-state index in [-0.39, 0.29) is 11.6 Å². The number of urea groups is 1. The topological polar surface area (TPSA) is 32.3 Å². The molecule has 1 N–H and O–H groups in total. The van der Waals surface area contributed by atoms with Gasteiger partial charge in [0.2, 0.25) is 0 Å². The molecule has 2 amide bonds. The maximum absolute atomic E-state index is 12.1. The van der Waals surface area contributed by atoms with Gasteiger partial charge >= 0.3 is 6.03 Å². The van der Waals surface area contributed by atoms with Crippen molar-refractivity contribution in [3.63, 3.8) is 0 Å². The second-order valence-electron chi connectivity index (χ2n) is 4.85. The third-order valence-corrected chi connectivity index (χ3v) is 2.72. The normalized spacial score (nSPS) is 11.1. The molecule has 0 aliphatic rings. The summed E-state index contributed by atoms with van der Waals surface area (Å²) >= 11 is 5.79. The maximum Gasteiger partial charge on any atom is 0.322 e. The zero-order valence-corrected chi connectivity index (χ0v) is 11.5. The minimum Gasteiger partial charge on any atom is -0.320 e. The van der Waals surface area contributed by atoms with Crippen molar-refractivity contribution >= 4 is 23.3 Å². The number of benzene rings is 1. The van der Waals surface area contributed by atoms with Crippen LogP contribution in [0.4, 0.5) is 10.5 Å². The fourth-order valence-corrected chi connectivity index (χ4v) is 1.77. The second-order valence-corrected chi connectivity index (χ2v) is 5.29. The summed E-state index contributed by atoms with van der Waals surface area (Å²) < 4.78 is 0. The molecule has 0 bridgehead atoms. The van der Waals surface area contributed by atoms with Crippen molar-refractivity contribution in [3.8, 4) is 0 Å². The highest BCUT2D eigenvalue weighted by molar-refractivity contribution is 6.30. The Balaban J connectivity index is 2.74. The number of carbonyl (C=O) groups is 1. The summed E-state index contributed by atoms with van der Waals surface area (Å²) in [6, 6.07) is 6.99. The third kappa shape index (κ3) is 3.93. The molecule has 0 saturated heterocycles. The first-order valence-electron chi connectivity index (χ1n) is 5.69. The lowest BCUT2D eigenvalue weighted by Crippen LogP contribution is -2.47. The number of rotatable bonds is 2. The monoisotopic (exact) mass is 254 g/mol. The van der Waals surface area contributed by atoms with Crippen LogP contribution in [0.1, 0.15) is 27.7 Å². The van der Waals surface area contributed by atoms with Gasteiger partial charge in [-0.05, 0) is 52.0 Å². The standard InChI is InChI=1S/C13H19ClN2O/c1-5-16(13(2,3)4)12(17)15-11-8-6-10(14)7-9-11/h6-9H,5H2,1-4H3,(H,15,17). The van der Waals surface area contributed by atoms with E-state index < -0.39 is 0 Å². The Morgan fingerprint density at radius 2 is 1.82 bits per heavy atom. The number of hydrogen-bond donors (Lipinski definition) is 1. The Morgan fingerprint density at radius 3 is 2.24 bits per heavy atom. The van der Waals surface area contributed by atoms with Crippen LogP contribution in [0.5, 0.6) is 0 Å². The van der Waals surface area contributed by atoms with E-state index in [0.717, 1.165) is 5.69 Å². The second kappa shape index (κ2) is 5.41. The lowest BCUT2D eigenvalue weighted by molar-refractivity contribution is 0.162. The molecule has 17 heavy (non-hydrogen) atoms. The van der Waals surface area contributed by atoms with E-state index in [4.69, 9.17) is 11.6 Å². The molecule has 0 spiro atoms. The van der Waals surface area contributed by atoms with E-state index in [1.54, 1.807) is 29.2 Å². The largest absolute Gasteiger partial charge is 0.322 e. The summed E-state index contributed by atoms with van der Waals surface area (Å²) in [6.07, 6.45) is 0. The summed E-state index contributed by atoms with van der Waals surface area (Å²) in [7, 11) is 0. The molecule has 3 nitrogen and oxygen atoms in total. The van der Waals surface area contributed by atoms with Gasteiger partial charge in [-0.15, -0.1) is 0 Å². The molecule has 0 aliphatic heterocycles. The van der Waals surface area contributed by atoms with Gasteiger partial charge in [0.15, 0.2) is 0 Å². The predicted octanol–water partition coefficient (Wildman–Crippen LogP) is 3.99. The van der Waals surface area contributed by atoms with Crippen LogP contribution < -0.4 is 5.32 Å². The lowest BCUT2D eigenvalue weighted by Gasteiger charge is -2.34. The zero-order valence-electron chi connectivity index (χ0n) is 10.7. The van der Waals surface area contributed by atoms with E-state index in [9.17, 15) is 4.79 Å². The Morgan fingerprint density at radius 1 is 1.29 bits per heavy atom. The first-order chi connectivity index (χ1) is 7.84. The van der Waals surface area contributed by atoms with E-state index in [1.807, 2.05) is 27.7 Å². The summed E-state index contributed by atoms with van der Waals surface area (Å²) in [4.78, 5) is 13.8. The molecule has 0 saturated carbocycles. The molecule has 0 heterocycles. The minimum absolute atomic E-state index is 0.0951. The first kappa shape index (κ1) is 13.8. The molecule has 1 aromatic carbocycles. The number of anilines is 1. The predicted molar refractivity (Wildman–Crippen MR) is 72.6 cm³/mol. The Labute approximate surface area is 108 Å². The van der Waals surface area contributed by atoms with Crippen LogP contribution in [0.25, 0.3) is 0 Å².